The lowest BCUT2D eigenvalue weighted by atomic mass is 9.98. The molecule has 2 aromatic heterocycles. The summed E-state index contributed by atoms with van der Waals surface area (Å²) in [6.07, 6.45) is -0.862. The number of halogens is 3. The summed E-state index contributed by atoms with van der Waals surface area (Å²) in [6, 6.07) is 0. The number of nitrogens with zero attached hydrogens (tertiary/aromatic N) is 6. The fourth-order valence-electron chi connectivity index (χ4n) is 2.89. The SMILES string of the molecule is CN(Cc1nnc2n1CCCC2C(F)(F)F)c1nccn(C)c1=O. The number of rotatable bonds is 3. The van der Waals surface area contributed by atoms with E-state index in [4.69, 9.17) is 0 Å². The Hall–Kier alpha value is -2.39. The van der Waals surface area contributed by atoms with Crippen LogP contribution in [0.5, 0.6) is 0 Å². The monoisotopic (exact) mass is 342 g/mol. The summed E-state index contributed by atoms with van der Waals surface area (Å²) >= 11 is 0. The van der Waals surface area contributed by atoms with E-state index in [9.17, 15) is 18.0 Å². The van der Waals surface area contributed by atoms with Crippen LogP contribution in [0, 0.1) is 0 Å². The van der Waals surface area contributed by atoms with Crippen molar-refractivity contribution in [3.63, 3.8) is 0 Å². The van der Waals surface area contributed by atoms with Crippen molar-refractivity contribution in [1.29, 1.82) is 0 Å². The summed E-state index contributed by atoms with van der Waals surface area (Å²) in [7, 11) is 3.25. The molecule has 7 nitrogen and oxygen atoms in total. The van der Waals surface area contributed by atoms with Gasteiger partial charge in [0, 0.05) is 33.0 Å². The van der Waals surface area contributed by atoms with Gasteiger partial charge in [-0.1, -0.05) is 0 Å². The van der Waals surface area contributed by atoms with Crippen molar-refractivity contribution < 1.29 is 13.2 Å². The lowest BCUT2D eigenvalue weighted by Gasteiger charge is -2.26. The molecule has 0 saturated heterocycles. The van der Waals surface area contributed by atoms with E-state index in [0.29, 0.717) is 18.8 Å². The van der Waals surface area contributed by atoms with Gasteiger partial charge < -0.3 is 14.0 Å². The first kappa shape index (κ1) is 16.5. The van der Waals surface area contributed by atoms with E-state index in [1.165, 1.54) is 21.5 Å². The maximum absolute atomic E-state index is 13.1. The minimum absolute atomic E-state index is 0.0260. The molecular weight excluding hydrogens is 325 g/mol. The standard InChI is InChI=1S/C14H17F3N6O/c1-21-7-5-18-12(13(21)24)22(2)8-10-19-20-11-9(14(15,16)17)4-3-6-23(10)11/h5,7,9H,3-4,6,8H2,1-2H3. The van der Waals surface area contributed by atoms with Gasteiger partial charge in [0.25, 0.3) is 5.56 Å². The van der Waals surface area contributed by atoms with E-state index in [-0.39, 0.29) is 30.2 Å². The Kier molecular flexibility index (Phi) is 4.06. The van der Waals surface area contributed by atoms with Gasteiger partial charge >= 0.3 is 6.18 Å². The highest BCUT2D eigenvalue weighted by atomic mass is 19.4. The van der Waals surface area contributed by atoms with Gasteiger partial charge in [-0.3, -0.25) is 4.79 Å². The largest absolute Gasteiger partial charge is 0.398 e. The molecule has 1 atom stereocenters. The zero-order chi connectivity index (χ0) is 17.5. The van der Waals surface area contributed by atoms with Gasteiger partial charge in [-0.15, -0.1) is 10.2 Å². The Morgan fingerprint density at radius 2 is 2.12 bits per heavy atom. The molecule has 0 amide bonds. The van der Waals surface area contributed by atoms with Crippen molar-refractivity contribution in [3.8, 4) is 0 Å². The summed E-state index contributed by atoms with van der Waals surface area (Å²) in [6.45, 7) is 0.599. The van der Waals surface area contributed by atoms with Crippen molar-refractivity contribution in [2.75, 3.05) is 11.9 Å². The molecule has 1 aliphatic heterocycles. The Balaban J connectivity index is 1.88. The first-order valence-corrected chi connectivity index (χ1v) is 7.50. The molecule has 1 unspecified atom stereocenters. The highest BCUT2D eigenvalue weighted by Crippen LogP contribution is 2.40. The zero-order valence-electron chi connectivity index (χ0n) is 13.3. The number of aryl methyl sites for hydroxylation is 1. The summed E-state index contributed by atoms with van der Waals surface area (Å²) in [4.78, 5) is 17.7. The quantitative estimate of drug-likeness (QED) is 0.844. The summed E-state index contributed by atoms with van der Waals surface area (Å²) in [5.41, 5.74) is -0.286. The maximum atomic E-state index is 13.1. The Morgan fingerprint density at radius 1 is 1.38 bits per heavy atom. The van der Waals surface area contributed by atoms with Crippen LogP contribution in [0.4, 0.5) is 19.0 Å². The lowest BCUT2D eigenvalue weighted by molar-refractivity contribution is -0.156. The van der Waals surface area contributed by atoms with Gasteiger partial charge in [-0.2, -0.15) is 13.2 Å². The van der Waals surface area contributed by atoms with Crippen LogP contribution in [0.2, 0.25) is 0 Å². The first-order chi connectivity index (χ1) is 11.3. The molecule has 0 aromatic carbocycles. The Labute approximate surface area is 135 Å². The second-order valence-electron chi connectivity index (χ2n) is 5.89. The van der Waals surface area contributed by atoms with Crippen LogP contribution in [0.3, 0.4) is 0 Å². The summed E-state index contributed by atoms with van der Waals surface area (Å²) < 4.78 is 42.2. The first-order valence-electron chi connectivity index (χ1n) is 7.50. The molecule has 3 rings (SSSR count). The minimum Gasteiger partial charge on any atom is -0.348 e. The predicted octanol–water partition coefficient (Wildman–Crippen LogP) is 1.45. The number of fused-ring (bicyclic) bond motifs is 1. The van der Waals surface area contributed by atoms with Crippen LogP contribution in [-0.4, -0.2) is 37.5 Å². The smallest absolute Gasteiger partial charge is 0.348 e. The molecule has 3 heterocycles. The van der Waals surface area contributed by atoms with Gasteiger partial charge in [0.05, 0.1) is 6.54 Å². The van der Waals surface area contributed by atoms with Crippen molar-refractivity contribution >= 4 is 5.82 Å². The fraction of sp³-hybridized carbons (Fsp3) is 0.571. The summed E-state index contributed by atoms with van der Waals surface area (Å²) in [5, 5.41) is 7.67. The number of hydrogen-bond acceptors (Lipinski definition) is 5. The summed E-state index contributed by atoms with van der Waals surface area (Å²) in [5.74, 6) is -1.03. The molecule has 130 valence electrons. The third-order valence-corrected chi connectivity index (χ3v) is 4.18. The molecule has 24 heavy (non-hydrogen) atoms. The number of hydrogen-bond donors (Lipinski definition) is 0. The van der Waals surface area contributed by atoms with Gasteiger partial charge in [-0.25, -0.2) is 4.98 Å². The van der Waals surface area contributed by atoms with E-state index in [1.54, 1.807) is 19.0 Å². The molecule has 10 heteroatoms. The molecule has 0 fully saturated rings. The van der Waals surface area contributed by atoms with Crippen molar-refractivity contribution in [2.24, 2.45) is 7.05 Å². The third-order valence-electron chi connectivity index (χ3n) is 4.18. The van der Waals surface area contributed by atoms with E-state index < -0.39 is 12.1 Å². The van der Waals surface area contributed by atoms with Gasteiger partial charge in [0.1, 0.15) is 11.7 Å². The molecule has 0 saturated carbocycles. The van der Waals surface area contributed by atoms with E-state index in [1.807, 2.05) is 0 Å². The molecule has 0 N–H and O–H groups in total. The maximum Gasteiger partial charge on any atom is 0.398 e. The Bertz CT molecular complexity index is 797. The molecule has 0 radical (unpaired) electrons. The minimum atomic E-state index is -4.33. The number of aromatic nitrogens is 5. The van der Waals surface area contributed by atoms with Gasteiger partial charge in [0.15, 0.2) is 11.6 Å². The van der Waals surface area contributed by atoms with Gasteiger partial charge in [-0.05, 0) is 12.8 Å². The van der Waals surface area contributed by atoms with Crippen LogP contribution in [-0.2, 0) is 20.1 Å². The predicted molar refractivity (Wildman–Crippen MR) is 79.6 cm³/mol. The average molecular weight is 342 g/mol. The third kappa shape index (κ3) is 2.87. The van der Waals surface area contributed by atoms with Crippen LogP contribution < -0.4 is 10.5 Å². The van der Waals surface area contributed by atoms with Crippen LogP contribution in [0.25, 0.3) is 0 Å². The highest BCUT2D eigenvalue weighted by Gasteiger charge is 2.45. The number of alkyl halides is 3. The fourth-order valence-corrected chi connectivity index (χ4v) is 2.89. The van der Waals surface area contributed by atoms with Crippen LogP contribution in [0.15, 0.2) is 17.2 Å². The molecule has 0 bridgehead atoms. The zero-order valence-corrected chi connectivity index (χ0v) is 13.3. The highest BCUT2D eigenvalue weighted by molar-refractivity contribution is 5.34. The second kappa shape index (κ2) is 5.91. The molecule has 0 aliphatic carbocycles. The van der Waals surface area contributed by atoms with Crippen molar-refractivity contribution in [3.05, 3.63) is 34.4 Å². The number of anilines is 1. The topological polar surface area (TPSA) is 68.8 Å². The van der Waals surface area contributed by atoms with E-state index in [0.717, 1.165) is 0 Å². The van der Waals surface area contributed by atoms with E-state index in [2.05, 4.69) is 15.2 Å². The molecule has 0 spiro atoms. The second-order valence-corrected chi connectivity index (χ2v) is 5.89. The molecule has 2 aromatic rings. The molecule has 1 aliphatic rings. The normalized spacial score (nSPS) is 17.6. The van der Waals surface area contributed by atoms with Crippen molar-refractivity contribution in [1.82, 2.24) is 24.3 Å². The lowest BCUT2D eigenvalue weighted by Crippen LogP contribution is -2.32. The van der Waals surface area contributed by atoms with E-state index >= 15 is 0 Å². The van der Waals surface area contributed by atoms with Crippen LogP contribution >= 0.6 is 0 Å². The average Bonchev–Trinajstić information content (AvgIpc) is 2.92. The van der Waals surface area contributed by atoms with Gasteiger partial charge in [0.2, 0.25) is 0 Å². The van der Waals surface area contributed by atoms with Crippen LogP contribution in [0.1, 0.15) is 30.4 Å². The van der Waals surface area contributed by atoms with Crippen molar-refractivity contribution in [2.45, 2.75) is 38.0 Å². The molecular formula is C14H17F3N6O. The Morgan fingerprint density at radius 3 is 2.83 bits per heavy atom.